The van der Waals surface area contributed by atoms with Crippen LogP contribution in [-0.4, -0.2) is 52.7 Å². The number of pyridine rings is 1. The van der Waals surface area contributed by atoms with E-state index in [0.717, 1.165) is 29.0 Å². The van der Waals surface area contributed by atoms with Crippen LogP contribution in [0.25, 0.3) is 0 Å². The van der Waals surface area contributed by atoms with Crippen LogP contribution < -0.4 is 9.64 Å². The Hall–Kier alpha value is -2.52. The first-order valence-corrected chi connectivity index (χ1v) is 10.9. The van der Waals surface area contributed by atoms with Crippen molar-refractivity contribution in [2.45, 2.75) is 46.0 Å². The minimum atomic E-state index is -4.48. The third kappa shape index (κ3) is 5.89. The predicted molar refractivity (Wildman–Crippen MR) is 120 cm³/mol. The lowest BCUT2D eigenvalue weighted by atomic mass is 10.0. The molecule has 0 saturated carbocycles. The molecule has 1 aliphatic rings. The number of rotatable bonds is 6. The minimum absolute atomic E-state index is 0.00982. The summed E-state index contributed by atoms with van der Waals surface area (Å²) in [6.45, 7) is 10.1. The van der Waals surface area contributed by atoms with Crippen LogP contribution in [0.3, 0.4) is 0 Å². The molecule has 2 aromatic rings. The Morgan fingerprint density at radius 3 is 2.18 bits per heavy atom. The first-order valence-electron chi connectivity index (χ1n) is 10.5. The zero-order valence-corrected chi connectivity index (χ0v) is 19.7. The van der Waals surface area contributed by atoms with E-state index in [1.165, 1.54) is 13.8 Å². The van der Waals surface area contributed by atoms with Crippen molar-refractivity contribution in [1.29, 1.82) is 0 Å². The van der Waals surface area contributed by atoms with E-state index in [1.807, 2.05) is 30.9 Å². The fraction of sp³-hybridized carbons (Fsp3) is 0.478. The van der Waals surface area contributed by atoms with Gasteiger partial charge < -0.3 is 14.7 Å². The zero-order valence-electron chi connectivity index (χ0n) is 19.0. The molecule has 0 aliphatic carbocycles. The molecule has 2 heterocycles. The van der Waals surface area contributed by atoms with E-state index in [9.17, 15) is 23.1 Å². The molecule has 1 fully saturated rings. The Labute approximate surface area is 195 Å². The molecule has 6 nitrogen and oxygen atoms in total. The van der Waals surface area contributed by atoms with Crippen molar-refractivity contribution in [1.82, 2.24) is 9.88 Å². The molecule has 0 amide bonds. The zero-order chi connectivity index (χ0) is 24.6. The summed E-state index contributed by atoms with van der Waals surface area (Å²) >= 11 is 6.08. The summed E-state index contributed by atoms with van der Waals surface area (Å²) in [5, 5.41) is 9.32. The van der Waals surface area contributed by atoms with Crippen LogP contribution >= 0.6 is 11.6 Å². The topological polar surface area (TPSA) is 65.9 Å². The number of anilines is 1. The number of aliphatic carboxylic acids is 1. The molecule has 10 heteroatoms. The molecule has 0 spiro atoms. The van der Waals surface area contributed by atoms with Gasteiger partial charge in [-0.15, -0.1) is 0 Å². The average molecular weight is 486 g/mol. The highest BCUT2D eigenvalue weighted by molar-refractivity contribution is 6.33. The van der Waals surface area contributed by atoms with Crippen LogP contribution in [0.5, 0.6) is 5.75 Å². The molecule has 0 atom stereocenters. The van der Waals surface area contributed by atoms with Crippen LogP contribution in [0.1, 0.15) is 36.1 Å². The van der Waals surface area contributed by atoms with Crippen LogP contribution in [0.15, 0.2) is 24.4 Å². The number of hydrogen-bond donors (Lipinski definition) is 1. The monoisotopic (exact) mass is 485 g/mol. The molecule has 0 radical (unpaired) electrons. The van der Waals surface area contributed by atoms with Gasteiger partial charge in [-0.25, -0.2) is 9.78 Å². The molecule has 0 bridgehead atoms. The van der Waals surface area contributed by atoms with Crippen molar-refractivity contribution < 1.29 is 27.8 Å². The molecule has 180 valence electrons. The van der Waals surface area contributed by atoms with E-state index in [0.29, 0.717) is 44.3 Å². The van der Waals surface area contributed by atoms with E-state index in [-0.39, 0.29) is 5.02 Å². The first kappa shape index (κ1) is 25.1. The molecule has 1 saturated heterocycles. The number of aromatic nitrogens is 1. The maximum Gasteiger partial charge on any atom is 0.417 e. The van der Waals surface area contributed by atoms with Crippen LogP contribution in [0.2, 0.25) is 5.02 Å². The summed E-state index contributed by atoms with van der Waals surface area (Å²) in [6, 6.07) is 4.89. The summed E-state index contributed by atoms with van der Waals surface area (Å²) in [5.74, 6) is -0.108. The molecule has 1 aliphatic heterocycles. The number of halogens is 4. The highest BCUT2D eigenvalue weighted by Gasteiger charge is 2.33. The normalized spacial score (nSPS) is 15.6. The third-order valence-electron chi connectivity index (χ3n) is 5.62. The van der Waals surface area contributed by atoms with E-state index >= 15 is 0 Å². The summed E-state index contributed by atoms with van der Waals surface area (Å²) < 4.78 is 44.3. The van der Waals surface area contributed by atoms with E-state index in [2.05, 4.69) is 9.88 Å². The molecule has 1 N–H and O–H groups in total. The third-order valence-corrected chi connectivity index (χ3v) is 5.90. The number of aryl methyl sites for hydroxylation is 2. The van der Waals surface area contributed by atoms with E-state index < -0.39 is 23.3 Å². The lowest BCUT2D eigenvalue weighted by Gasteiger charge is -2.36. The van der Waals surface area contributed by atoms with Crippen molar-refractivity contribution in [3.05, 3.63) is 51.7 Å². The van der Waals surface area contributed by atoms with Gasteiger partial charge in [0.25, 0.3) is 0 Å². The summed E-state index contributed by atoms with van der Waals surface area (Å²) in [4.78, 5) is 19.5. The van der Waals surface area contributed by atoms with Crippen molar-refractivity contribution in [2.75, 3.05) is 31.1 Å². The van der Waals surface area contributed by atoms with Gasteiger partial charge in [0.2, 0.25) is 0 Å². The predicted octanol–water partition coefficient (Wildman–Crippen LogP) is 4.93. The van der Waals surface area contributed by atoms with Gasteiger partial charge in [0.1, 0.15) is 11.6 Å². The standard InChI is InChI=1S/C23H27ClF3N3O3/c1-14-9-16(10-15(2)19(14)33-22(3,4)21(31)32)13-29-5-7-30(8-6-29)20-18(24)11-17(12-28-20)23(25,26)27/h9-12H,5-8,13H2,1-4H3,(H,31,32). The van der Waals surface area contributed by atoms with Crippen molar-refractivity contribution in [2.24, 2.45) is 0 Å². The Kier molecular flexibility index (Phi) is 7.14. The van der Waals surface area contributed by atoms with Crippen LogP contribution in [-0.2, 0) is 17.5 Å². The Bertz CT molecular complexity index is 1010. The van der Waals surface area contributed by atoms with Gasteiger partial charge in [0.15, 0.2) is 5.60 Å². The fourth-order valence-electron chi connectivity index (χ4n) is 3.79. The first-order chi connectivity index (χ1) is 15.3. The quantitative estimate of drug-likeness (QED) is 0.625. The molecular formula is C23H27ClF3N3O3. The lowest BCUT2D eigenvalue weighted by molar-refractivity contribution is -0.152. The number of hydrogen-bond acceptors (Lipinski definition) is 5. The minimum Gasteiger partial charge on any atom is -0.478 e. The van der Waals surface area contributed by atoms with Gasteiger partial charge in [-0.2, -0.15) is 13.2 Å². The number of carboxylic acids is 1. The number of alkyl halides is 3. The van der Waals surface area contributed by atoms with Gasteiger partial charge >= 0.3 is 12.1 Å². The second kappa shape index (κ2) is 9.38. The highest BCUT2D eigenvalue weighted by atomic mass is 35.5. The Morgan fingerprint density at radius 1 is 1.12 bits per heavy atom. The van der Waals surface area contributed by atoms with Crippen molar-refractivity contribution in [3.8, 4) is 5.75 Å². The number of piperazine rings is 1. The smallest absolute Gasteiger partial charge is 0.417 e. The number of carbonyl (C=O) groups is 1. The molecule has 33 heavy (non-hydrogen) atoms. The summed E-state index contributed by atoms with van der Waals surface area (Å²) in [6.07, 6.45) is -3.66. The van der Waals surface area contributed by atoms with Gasteiger partial charge in [-0.3, -0.25) is 4.90 Å². The number of ether oxygens (including phenoxy) is 1. The number of benzene rings is 1. The van der Waals surface area contributed by atoms with Crippen molar-refractivity contribution in [3.63, 3.8) is 0 Å². The van der Waals surface area contributed by atoms with Crippen LogP contribution in [0, 0.1) is 13.8 Å². The average Bonchev–Trinajstić information content (AvgIpc) is 2.71. The SMILES string of the molecule is Cc1cc(CN2CCN(c3ncc(C(F)(F)F)cc3Cl)CC2)cc(C)c1OC(C)(C)C(=O)O. The second-order valence-corrected chi connectivity index (χ2v) is 9.17. The molecule has 1 aromatic carbocycles. The Balaban J connectivity index is 1.64. The lowest BCUT2D eigenvalue weighted by Crippen LogP contribution is -2.46. The largest absolute Gasteiger partial charge is 0.478 e. The molecule has 0 unspecified atom stereocenters. The van der Waals surface area contributed by atoms with E-state index in [4.69, 9.17) is 16.3 Å². The van der Waals surface area contributed by atoms with Gasteiger partial charge in [0, 0.05) is 38.9 Å². The molecular weight excluding hydrogens is 459 g/mol. The maximum absolute atomic E-state index is 12.8. The Morgan fingerprint density at radius 2 is 1.70 bits per heavy atom. The number of nitrogens with zero attached hydrogens (tertiary/aromatic N) is 3. The fourth-order valence-corrected chi connectivity index (χ4v) is 4.07. The van der Waals surface area contributed by atoms with Gasteiger partial charge in [0.05, 0.1) is 10.6 Å². The van der Waals surface area contributed by atoms with E-state index in [1.54, 1.807) is 0 Å². The van der Waals surface area contributed by atoms with Gasteiger partial charge in [-0.1, -0.05) is 23.7 Å². The van der Waals surface area contributed by atoms with Crippen LogP contribution in [0.4, 0.5) is 19.0 Å². The van der Waals surface area contributed by atoms with Crippen molar-refractivity contribution >= 4 is 23.4 Å². The molecule has 3 rings (SSSR count). The number of carboxylic acid groups (broad SMARTS) is 1. The summed E-state index contributed by atoms with van der Waals surface area (Å²) in [7, 11) is 0. The second-order valence-electron chi connectivity index (χ2n) is 8.77. The highest BCUT2D eigenvalue weighted by Crippen LogP contribution is 2.34. The van der Waals surface area contributed by atoms with Gasteiger partial charge in [-0.05, 0) is 50.5 Å². The molecule has 1 aromatic heterocycles. The maximum atomic E-state index is 12.8. The summed E-state index contributed by atoms with van der Waals surface area (Å²) in [5.41, 5.74) is 0.600.